The number of sulfonamides is 1. The summed E-state index contributed by atoms with van der Waals surface area (Å²) in [5.41, 5.74) is 7.47. The lowest BCUT2D eigenvalue weighted by Gasteiger charge is -2.39. The lowest BCUT2D eigenvalue weighted by atomic mass is 9.81. The van der Waals surface area contributed by atoms with Crippen LogP contribution in [0.4, 0.5) is 5.69 Å². The molecule has 0 radical (unpaired) electrons. The van der Waals surface area contributed by atoms with E-state index in [1.54, 1.807) is 7.11 Å². The average Bonchev–Trinajstić information content (AvgIpc) is 3.58. The van der Waals surface area contributed by atoms with Crippen LogP contribution in [-0.4, -0.2) is 50.3 Å². The van der Waals surface area contributed by atoms with Crippen molar-refractivity contribution in [3.05, 3.63) is 77.0 Å². The monoisotopic (exact) mass is 571 g/mol. The summed E-state index contributed by atoms with van der Waals surface area (Å²) in [7, 11) is -1.60. The van der Waals surface area contributed by atoms with E-state index in [-0.39, 0.29) is 12.2 Å². The maximum Gasteiger partial charge on any atom is 0.211 e. The number of rotatable bonds is 7. The molecule has 41 heavy (non-hydrogen) atoms. The number of nitrogens with zero attached hydrogens (tertiary/aromatic N) is 3. The van der Waals surface area contributed by atoms with Crippen LogP contribution >= 0.6 is 0 Å². The minimum Gasteiger partial charge on any atom is -0.497 e. The molecule has 3 aliphatic heterocycles. The second-order valence-electron chi connectivity index (χ2n) is 11.4. The molecule has 0 bridgehead atoms. The Balaban J connectivity index is 1.19. The SMILES string of the molecule is C=C[C@H]1CN(c2cc3c(c(C#CC)c2C)CN(S(C)(=O)=O)C3)CC[C@H]1C[C@H]1O[C@@H]1c1ccnc2ccc(OC)cc12. The molecule has 0 aliphatic carbocycles. The third kappa shape index (κ3) is 5.23. The van der Waals surface area contributed by atoms with Gasteiger partial charge in [-0.05, 0) is 91.1 Å². The van der Waals surface area contributed by atoms with Gasteiger partial charge in [0.05, 0.1) is 25.0 Å². The molecule has 6 rings (SSSR count). The van der Waals surface area contributed by atoms with E-state index < -0.39 is 10.0 Å². The van der Waals surface area contributed by atoms with E-state index in [4.69, 9.17) is 9.47 Å². The molecule has 8 heteroatoms. The van der Waals surface area contributed by atoms with E-state index in [1.807, 2.05) is 31.3 Å². The molecular weight excluding hydrogens is 534 g/mol. The number of epoxide rings is 1. The topological polar surface area (TPSA) is 75.3 Å². The van der Waals surface area contributed by atoms with E-state index in [0.717, 1.165) is 70.5 Å². The number of hydrogen-bond donors (Lipinski definition) is 0. The van der Waals surface area contributed by atoms with Crippen LogP contribution in [0.5, 0.6) is 5.75 Å². The summed E-state index contributed by atoms with van der Waals surface area (Å²) in [6.45, 7) is 10.7. The quantitative estimate of drug-likeness (QED) is 0.216. The Morgan fingerprint density at radius 3 is 2.80 bits per heavy atom. The second kappa shape index (κ2) is 10.8. The molecule has 2 aromatic carbocycles. The maximum absolute atomic E-state index is 12.3. The van der Waals surface area contributed by atoms with E-state index in [1.165, 1.54) is 16.1 Å². The van der Waals surface area contributed by atoms with Crippen LogP contribution < -0.4 is 9.64 Å². The molecule has 2 saturated heterocycles. The van der Waals surface area contributed by atoms with Gasteiger partial charge in [0.15, 0.2) is 0 Å². The molecule has 0 N–H and O–H groups in total. The highest BCUT2D eigenvalue weighted by Gasteiger charge is 2.44. The first-order valence-corrected chi connectivity index (χ1v) is 16.1. The molecule has 3 aromatic rings. The normalized spacial score (nSPS) is 24.0. The van der Waals surface area contributed by atoms with Gasteiger partial charge in [0.2, 0.25) is 10.0 Å². The average molecular weight is 572 g/mol. The summed E-state index contributed by atoms with van der Waals surface area (Å²) in [6, 6.07) is 10.2. The molecule has 3 aliphatic rings. The van der Waals surface area contributed by atoms with Crippen molar-refractivity contribution in [2.45, 2.75) is 52.0 Å². The zero-order valence-corrected chi connectivity index (χ0v) is 25.0. The minimum absolute atomic E-state index is 0.0722. The van der Waals surface area contributed by atoms with Crippen molar-refractivity contribution < 1.29 is 17.9 Å². The number of benzene rings is 2. The maximum atomic E-state index is 12.3. The Kier molecular flexibility index (Phi) is 7.31. The van der Waals surface area contributed by atoms with Crippen LogP contribution in [0.3, 0.4) is 0 Å². The Morgan fingerprint density at radius 1 is 1.24 bits per heavy atom. The van der Waals surface area contributed by atoms with Gasteiger partial charge in [-0.1, -0.05) is 12.0 Å². The van der Waals surface area contributed by atoms with Gasteiger partial charge in [-0.2, -0.15) is 4.31 Å². The first-order valence-electron chi connectivity index (χ1n) is 14.2. The van der Waals surface area contributed by atoms with Crippen molar-refractivity contribution >= 4 is 26.6 Å². The highest BCUT2D eigenvalue weighted by atomic mass is 32.2. The van der Waals surface area contributed by atoms with Gasteiger partial charge in [0.1, 0.15) is 11.9 Å². The number of aromatic nitrogens is 1. The standard InChI is InChI=1S/C33H37N3O4S/c1-6-8-26-21(3)31(15-24-19-36(20-29(24)26)41(5,37)38)35-14-12-23(22(7-2)18-35)16-32-33(40-32)27-11-13-34-30-10-9-25(39-4)17-28(27)30/h7,9-11,13,15,17,22-23,32-33H,2,12,14,16,18-20H2,1,3-5H3/t22-,23-,32+,33+/m0/s1. The van der Waals surface area contributed by atoms with Crippen molar-refractivity contribution in [2.75, 3.05) is 31.4 Å². The van der Waals surface area contributed by atoms with Crippen LogP contribution in [0.1, 0.15) is 53.7 Å². The number of ether oxygens (including phenoxy) is 2. The number of fused-ring (bicyclic) bond motifs is 2. The molecule has 4 atom stereocenters. The Morgan fingerprint density at radius 2 is 2.07 bits per heavy atom. The summed E-state index contributed by atoms with van der Waals surface area (Å²) in [5, 5.41) is 1.09. The summed E-state index contributed by atoms with van der Waals surface area (Å²) in [5.74, 6) is 7.96. The van der Waals surface area contributed by atoms with Crippen LogP contribution in [-0.2, 0) is 27.8 Å². The van der Waals surface area contributed by atoms with Gasteiger partial charge >= 0.3 is 0 Å². The van der Waals surface area contributed by atoms with Crippen molar-refractivity contribution in [1.29, 1.82) is 0 Å². The lowest BCUT2D eigenvalue weighted by Crippen LogP contribution is -2.40. The Labute approximate surface area is 243 Å². The van der Waals surface area contributed by atoms with Gasteiger partial charge in [-0.25, -0.2) is 8.42 Å². The number of hydrogen-bond acceptors (Lipinski definition) is 6. The summed E-state index contributed by atoms with van der Waals surface area (Å²) in [6.07, 6.45) is 7.51. The zero-order chi connectivity index (χ0) is 28.9. The fourth-order valence-electron chi connectivity index (χ4n) is 6.70. The molecule has 0 unspecified atom stereocenters. The van der Waals surface area contributed by atoms with Crippen LogP contribution in [0.25, 0.3) is 10.9 Å². The molecule has 2 fully saturated rings. The summed E-state index contributed by atoms with van der Waals surface area (Å²) >= 11 is 0. The van der Waals surface area contributed by atoms with Gasteiger partial charge in [0.25, 0.3) is 0 Å². The minimum atomic E-state index is -3.28. The molecular formula is C33H37N3O4S. The molecule has 0 saturated carbocycles. The van der Waals surface area contributed by atoms with Crippen LogP contribution in [0.2, 0.25) is 0 Å². The number of methoxy groups -OCH3 is 1. The first kappa shape index (κ1) is 27.8. The molecule has 214 valence electrons. The van der Waals surface area contributed by atoms with Crippen molar-refractivity contribution in [3.63, 3.8) is 0 Å². The summed E-state index contributed by atoms with van der Waals surface area (Å²) < 4.78 is 37.9. The zero-order valence-electron chi connectivity index (χ0n) is 24.2. The fraction of sp³-hybridized carbons (Fsp3) is 0.424. The third-order valence-electron chi connectivity index (χ3n) is 9.02. The predicted octanol–water partition coefficient (Wildman–Crippen LogP) is 5.36. The van der Waals surface area contributed by atoms with Gasteiger partial charge in [-0.15, -0.1) is 12.5 Å². The van der Waals surface area contributed by atoms with E-state index in [9.17, 15) is 8.42 Å². The lowest BCUT2D eigenvalue weighted by molar-refractivity contribution is 0.269. The van der Waals surface area contributed by atoms with E-state index >= 15 is 0 Å². The van der Waals surface area contributed by atoms with Crippen molar-refractivity contribution in [3.8, 4) is 17.6 Å². The van der Waals surface area contributed by atoms with E-state index in [2.05, 4.69) is 53.4 Å². The predicted molar refractivity (Wildman–Crippen MR) is 162 cm³/mol. The van der Waals surface area contributed by atoms with Gasteiger partial charge in [-0.3, -0.25) is 4.98 Å². The fourth-order valence-corrected chi connectivity index (χ4v) is 7.44. The van der Waals surface area contributed by atoms with E-state index in [0.29, 0.717) is 24.9 Å². The summed E-state index contributed by atoms with van der Waals surface area (Å²) in [4.78, 5) is 6.96. The highest BCUT2D eigenvalue weighted by molar-refractivity contribution is 7.88. The van der Waals surface area contributed by atoms with Crippen molar-refractivity contribution in [2.24, 2.45) is 11.8 Å². The smallest absolute Gasteiger partial charge is 0.211 e. The number of pyridine rings is 1. The molecule has 4 heterocycles. The van der Waals surface area contributed by atoms with Gasteiger partial charge < -0.3 is 14.4 Å². The van der Waals surface area contributed by atoms with Gasteiger partial charge in [0, 0.05) is 49.0 Å². The van der Waals surface area contributed by atoms with Crippen LogP contribution in [0, 0.1) is 30.6 Å². The largest absolute Gasteiger partial charge is 0.497 e. The highest BCUT2D eigenvalue weighted by Crippen LogP contribution is 2.47. The number of anilines is 1. The third-order valence-corrected chi connectivity index (χ3v) is 10.2. The molecule has 0 amide bonds. The second-order valence-corrected chi connectivity index (χ2v) is 13.4. The number of piperidine rings is 1. The van der Waals surface area contributed by atoms with Crippen molar-refractivity contribution in [1.82, 2.24) is 9.29 Å². The first-order chi connectivity index (χ1) is 19.7. The molecule has 7 nitrogen and oxygen atoms in total. The Hall–Kier alpha value is -3.38. The molecule has 1 aromatic heterocycles. The molecule has 0 spiro atoms. The van der Waals surface area contributed by atoms with Crippen LogP contribution in [0.15, 0.2) is 49.2 Å². The Bertz CT molecular complexity index is 1690.